The van der Waals surface area contributed by atoms with Gasteiger partial charge < -0.3 is 5.11 Å². The van der Waals surface area contributed by atoms with E-state index in [4.69, 9.17) is 0 Å². The van der Waals surface area contributed by atoms with E-state index in [0.717, 1.165) is 10.8 Å². The Bertz CT molecular complexity index is 993. The number of carbonyl (C=O) groups excluding carboxylic acids is 1. The van der Waals surface area contributed by atoms with Gasteiger partial charge in [0.05, 0.1) is 11.1 Å². The number of rotatable bonds is 4. The fourth-order valence-electron chi connectivity index (χ4n) is 2.42. The lowest BCUT2D eigenvalue weighted by Gasteiger charge is -2.04. The molecular weight excluding hydrogens is 322 g/mol. The molecule has 0 aliphatic heterocycles. The van der Waals surface area contributed by atoms with E-state index in [1.165, 1.54) is 24.4 Å². The molecule has 0 spiro atoms. The maximum Gasteiger partial charge on any atom is 0.311 e. The van der Waals surface area contributed by atoms with Crippen LogP contribution in [0.2, 0.25) is 0 Å². The molecule has 0 fully saturated rings. The Morgan fingerprint density at radius 2 is 1.88 bits per heavy atom. The maximum absolute atomic E-state index is 12.3. The molecule has 0 saturated heterocycles. The molecule has 3 rings (SSSR count). The first-order valence-electron chi connectivity index (χ1n) is 7.35. The summed E-state index contributed by atoms with van der Waals surface area (Å²) in [5, 5.41) is 25.8. The summed E-state index contributed by atoms with van der Waals surface area (Å²) in [6, 6.07) is 16.7. The molecule has 0 saturated carbocycles. The topological polar surface area (TPSA) is 105 Å². The van der Waals surface area contributed by atoms with Crippen LogP contribution in [0.5, 0.6) is 5.75 Å². The van der Waals surface area contributed by atoms with E-state index in [1.54, 1.807) is 12.1 Å². The second kappa shape index (κ2) is 6.79. The first kappa shape index (κ1) is 16.1. The molecule has 0 bridgehead atoms. The van der Waals surface area contributed by atoms with E-state index in [1.807, 2.05) is 30.3 Å². The summed E-state index contributed by atoms with van der Waals surface area (Å²) >= 11 is 0. The van der Waals surface area contributed by atoms with E-state index in [9.17, 15) is 20.0 Å². The molecule has 0 atom stereocenters. The molecule has 124 valence electrons. The Hall–Kier alpha value is -3.74. The van der Waals surface area contributed by atoms with E-state index in [0.29, 0.717) is 11.1 Å². The SMILES string of the molecule is O=C(N/N=C\c1ccc(O)c([N+](=O)[O-])c1)c1cccc2ccccc12. The molecule has 3 aromatic carbocycles. The smallest absolute Gasteiger partial charge is 0.311 e. The normalized spacial score (nSPS) is 10.9. The van der Waals surface area contributed by atoms with Gasteiger partial charge in [-0.25, -0.2) is 5.43 Å². The Morgan fingerprint density at radius 3 is 2.68 bits per heavy atom. The summed E-state index contributed by atoms with van der Waals surface area (Å²) in [5.41, 5.74) is 2.83. The van der Waals surface area contributed by atoms with Crippen molar-refractivity contribution in [3.05, 3.63) is 81.9 Å². The van der Waals surface area contributed by atoms with Crippen LogP contribution in [-0.2, 0) is 0 Å². The van der Waals surface area contributed by atoms with Crippen LogP contribution in [0, 0.1) is 10.1 Å². The van der Waals surface area contributed by atoms with Gasteiger partial charge in [-0.15, -0.1) is 0 Å². The Kier molecular flexibility index (Phi) is 4.38. The summed E-state index contributed by atoms with van der Waals surface area (Å²) in [5.74, 6) is -0.816. The number of fused-ring (bicyclic) bond motifs is 1. The number of amides is 1. The van der Waals surface area contributed by atoms with E-state index in [-0.39, 0.29) is 5.91 Å². The third-order valence-electron chi connectivity index (χ3n) is 3.61. The zero-order valence-electron chi connectivity index (χ0n) is 12.9. The third kappa shape index (κ3) is 3.45. The van der Waals surface area contributed by atoms with Gasteiger partial charge in [0.25, 0.3) is 5.91 Å². The number of carbonyl (C=O) groups is 1. The number of nitro groups is 1. The van der Waals surface area contributed by atoms with Crippen molar-refractivity contribution in [3.63, 3.8) is 0 Å². The highest BCUT2D eigenvalue weighted by molar-refractivity contribution is 6.07. The number of aromatic hydroxyl groups is 1. The predicted octanol–water partition coefficient (Wildman–Crippen LogP) is 3.22. The first-order chi connectivity index (χ1) is 12.1. The van der Waals surface area contributed by atoms with Gasteiger partial charge in [-0.1, -0.05) is 36.4 Å². The zero-order chi connectivity index (χ0) is 17.8. The number of nitrogens with zero attached hydrogens (tertiary/aromatic N) is 2. The largest absolute Gasteiger partial charge is 0.502 e. The summed E-state index contributed by atoms with van der Waals surface area (Å²) < 4.78 is 0. The van der Waals surface area contributed by atoms with Gasteiger partial charge in [-0.05, 0) is 29.0 Å². The van der Waals surface area contributed by atoms with Crippen LogP contribution in [0.4, 0.5) is 5.69 Å². The summed E-state index contributed by atoms with van der Waals surface area (Å²) in [4.78, 5) is 22.4. The molecule has 0 aliphatic rings. The molecule has 7 nitrogen and oxygen atoms in total. The van der Waals surface area contributed by atoms with Crippen molar-refractivity contribution in [1.29, 1.82) is 0 Å². The monoisotopic (exact) mass is 335 g/mol. The van der Waals surface area contributed by atoms with Gasteiger partial charge in [0.2, 0.25) is 0 Å². The highest BCUT2D eigenvalue weighted by Gasteiger charge is 2.13. The number of hydrogen-bond acceptors (Lipinski definition) is 5. The van der Waals surface area contributed by atoms with Crippen molar-refractivity contribution in [2.24, 2.45) is 5.10 Å². The van der Waals surface area contributed by atoms with Crippen molar-refractivity contribution in [2.45, 2.75) is 0 Å². The molecule has 25 heavy (non-hydrogen) atoms. The van der Waals surface area contributed by atoms with Crippen molar-refractivity contribution < 1.29 is 14.8 Å². The predicted molar refractivity (Wildman–Crippen MR) is 93.8 cm³/mol. The molecule has 0 aliphatic carbocycles. The van der Waals surface area contributed by atoms with Gasteiger partial charge in [-0.3, -0.25) is 14.9 Å². The van der Waals surface area contributed by atoms with Gasteiger partial charge in [0.15, 0.2) is 5.75 Å². The second-order valence-corrected chi connectivity index (χ2v) is 5.23. The van der Waals surface area contributed by atoms with Crippen LogP contribution in [0.25, 0.3) is 10.8 Å². The lowest BCUT2D eigenvalue weighted by atomic mass is 10.0. The van der Waals surface area contributed by atoms with Crippen LogP contribution in [0.15, 0.2) is 65.8 Å². The third-order valence-corrected chi connectivity index (χ3v) is 3.61. The molecule has 0 radical (unpaired) electrons. The Labute approximate surface area is 142 Å². The van der Waals surface area contributed by atoms with Crippen molar-refractivity contribution in [2.75, 3.05) is 0 Å². The van der Waals surface area contributed by atoms with Crippen LogP contribution < -0.4 is 5.43 Å². The van der Waals surface area contributed by atoms with Crippen molar-refractivity contribution in [3.8, 4) is 5.75 Å². The quantitative estimate of drug-likeness (QED) is 0.434. The average molecular weight is 335 g/mol. The van der Waals surface area contributed by atoms with Crippen LogP contribution in [0.1, 0.15) is 15.9 Å². The van der Waals surface area contributed by atoms with Crippen LogP contribution in [0.3, 0.4) is 0 Å². The van der Waals surface area contributed by atoms with Crippen LogP contribution >= 0.6 is 0 Å². The van der Waals surface area contributed by atoms with Crippen LogP contribution in [-0.4, -0.2) is 22.2 Å². The summed E-state index contributed by atoms with van der Waals surface area (Å²) in [7, 11) is 0. The molecule has 0 heterocycles. The molecule has 3 aromatic rings. The molecular formula is C18H13N3O4. The molecule has 2 N–H and O–H groups in total. The number of phenolic OH excluding ortho intramolecular Hbond substituents is 1. The fraction of sp³-hybridized carbons (Fsp3) is 0. The molecule has 1 amide bonds. The average Bonchev–Trinajstić information content (AvgIpc) is 2.62. The number of hydrogen-bond donors (Lipinski definition) is 2. The number of benzene rings is 3. The standard InChI is InChI=1S/C18H13N3O4/c22-17-9-8-12(10-16(17)21(24)25)11-19-20-18(23)15-7-3-5-13-4-1-2-6-14(13)15/h1-11,22H,(H,20,23)/b19-11-. The minimum Gasteiger partial charge on any atom is -0.502 e. The maximum atomic E-state index is 12.3. The lowest BCUT2D eigenvalue weighted by molar-refractivity contribution is -0.385. The summed E-state index contributed by atoms with van der Waals surface area (Å²) in [6.07, 6.45) is 1.27. The van der Waals surface area contributed by atoms with E-state index in [2.05, 4.69) is 10.5 Å². The van der Waals surface area contributed by atoms with Gasteiger partial charge in [0, 0.05) is 17.2 Å². The van der Waals surface area contributed by atoms with Gasteiger partial charge in [-0.2, -0.15) is 5.10 Å². The lowest BCUT2D eigenvalue weighted by Crippen LogP contribution is -2.17. The summed E-state index contributed by atoms with van der Waals surface area (Å²) in [6.45, 7) is 0. The van der Waals surface area contributed by atoms with E-state index >= 15 is 0 Å². The second-order valence-electron chi connectivity index (χ2n) is 5.23. The highest BCUT2D eigenvalue weighted by Crippen LogP contribution is 2.25. The Morgan fingerprint density at radius 1 is 1.12 bits per heavy atom. The molecule has 0 unspecified atom stereocenters. The first-order valence-corrected chi connectivity index (χ1v) is 7.35. The molecule has 7 heteroatoms. The molecule has 0 aromatic heterocycles. The number of hydrazone groups is 1. The van der Waals surface area contributed by atoms with Crippen molar-refractivity contribution in [1.82, 2.24) is 5.43 Å². The minimum absolute atomic E-state index is 0.378. The van der Waals surface area contributed by atoms with Gasteiger partial charge >= 0.3 is 5.69 Å². The number of phenols is 1. The highest BCUT2D eigenvalue weighted by atomic mass is 16.6. The van der Waals surface area contributed by atoms with Crippen molar-refractivity contribution >= 4 is 28.6 Å². The van der Waals surface area contributed by atoms with E-state index < -0.39 is 16.4 Å². The Balaban J connectivity index is 1.79. The number of nitrogens with one attached hydrogen (secondary N) is 1. The minimum atomic E-state index is -0.693. The zero-order valence-corrected chi connectivity index (χ0v) is 12.9. The number of nitro benzene ring substituents is 1. The van der Waals surface area contributed by atoms with Gasteiger partial charge in [0.1, 0.15) is 0 Å². The fourth-order valence-corrected chi connectivity index (χ4v) is 2.42.